The first kappa shape index (κ1) is 13.6. The van der Waals surface area contributed by atoms with Gasteiger partial charge in [0.2, 0.25) is 0 Å². The molecule has 0 bridgehead atoms. The smallest absolute Gasteiger partial charge is 0.334 e. The maximum atomic E-state index is 12.4. The molecule has 4 aliphatic carbocycles. The van der Waals surface area contributed by atoms with Gasteiger partial charge in [-0.25, -0.2) is 9.59 Å². The molecule has 0 saturated heterocycles. The molecule has 4 rings (SSSR count). The second-order valence-electron chi connectivity index (χ2n) is 6.29. The van der Waals surface area contributed by atoms with E-state index in [1.54, 1.807) is 0 Å². The molecule has 1 saturated carbocycles. The van der Waals surface area contributed by atoms with Crippen molar-refractivity contribution in [3.8, 4) is 0 Å². The molecule has 0 spiro atoms. The fraction of sp³-hybridized carbons (Fsp3) is 0.444. The third-order valence-corrected chi connectivity index (χ3v) is 5.54. The van der Waals surface area contributed by atoms with Crippen molar-refractivity contribution in [3.05, 3.63) is 47.1 Å². The monoisotopic (exact) mass is 298 g/mol. The first-order chi connectivity index (χ1) is 10.7. The summed E-state index contributed by atoms with van der Waals surface area (Å²) in [5, 5.41) is 0. The van der Waals surface area contributed by atoms with Gasteiger partial charge < -0.3 is 9.47 Å². The molecule has 0 amide bonds. The molecule has 0 radical (unpaired) electrons. The lowest BCUT2D eigenvalue weighted by molar-refractivity contribution is -0.140. The van der Waals surface area contributed by atoms with Crippen molar-refractivity contribution in [2.45, 2.75) is 6.42 Å². The van der Waals surface area contributed by atoms with Gasteiger partial charge in [-0.05, 0) is 24.2 Å². The average molecular weight is 298 g/mol. The fourth-order valence-electron chi connectivity index (χ4n) is 4.73. The van der Waals surface area contributed by atoms with Crippen LogP contribution in [0.15, 0.2) is 47.1 Å². The van der Waals surface area contributed by atoms with E-state index in [9.17, 15) is 9.59 Å². The van der Waals surface area contributed by atoms with Crippen LogP contribution < -0.4 is 0 Å². The normalized spacial score (nSPS) is 37.0. The average Bonchev–Trinajstić information content (AvgIpc) is 3.21. The molecule has 0 heterocycles. The summed E-state index contributed by atoms with van der Waals surface area (Å²) in [5.41, 5.74) is 2.22. The van der Waals surface area contributed by atoms with E-state index in [0.29, 0.717) is 35.3 Å². The number of ether oxygens (including phenoxy) is 2. The molecule has 0 aliphatic heterocycles. The number of allylic oxidation sites excluding steroid dienone is 6. The van der Waals surface area contributed by atoms with Gasteiger partial charge in [0.25, 0.3) is 0 Å². The van der Waals surface area contributed by atoms with E-state index in [2.05, 4.69) is 30.4 Å². The van der Waals surface area contributed by atoms with Crippen molar-refractivity contribution < 1.29 is 19.1 Å². The predicted octanol–water partition coefficient (Wildman–Crippen LogP) is 2.19. The van der Waals surface area contributed by atoms with Gasteiger partial charge in [0.05, 0.1) is 25.4 Å². The van der Waals surface area contributed by atoms with Crippen molar-refractivity contribution in [3.63, 3.8) is 0 Å². The summed E-state index contributed by atoms with van der Waals surface area (Å²) in [6.45, 7) is 0. The summed E-state index contributed by atoms with van der Waals surface area (Å²) in [5.74, 6) is 0.726. The number of hydrogen-bond donors (Lipinski definition) is 0. The van der Waals surface area contributed by atoms with E-state index in [1.165, 1.54) is 19.8 Å². The zero-order valence-corrected chi connectivity index (χ0v) is 12.6. The van der Waals surface area contributed by atoms with E-state index >= 15 is 0 Å². The highest BCUT2D eigenvalue weighted by Crippen LogP contribution is 2.60. The Labute approximate surface area is 129 Å². The highest BCUT2D eigenvalue weighted by Gasteiger charge is 2.55. The van der Waals surface area contributed by atoms with Crippen molar-refractivity contribution in [1.29, 1.82) is 0 Å². The highest BCUT2D eigenvalue weighted by atomic mass is 16.5. The molecule has 5 atom stereocenters. The SMILES string of the molecule is COC(=O)C1=C(C(=O)OC)[C@H]2C(=CC1)[C@H]1C=C[C@H]3C=C[C@@H]2[C@H]31. The first-order valence-corrected chi connectivity index (χ1v) is 7.63. The molecule has 0 unspecified atom stereocenters. The Balaban J connectivity index is 1.84. The Bertz CT molecular complexity index is 679. The molecule has 4 aliphatic rings. The molecule has 22 heavy (non-hydrogen) atoms. The molecule has 0 aromatic carbocycles. The minimum Gasteiger partial charge on any atom is -0.466 e. The maximum absolute atomic E-state index is 12.4. The summed E-state index contributed by atoms with van der Waals surface area (Å²) >= 11 is 0. The quantitative estimate of drug-likeness (QED) is 0.579. The molecular weight excluding hydrogens is 280 g/mol. The third kappa shape index (κ3) is 1.58. The van der Waals surface area contributed by atoms with E-state index in [-0.39, 0.29) is 11.8 Å². The van der Waals surface area contributed by atoms with Crippen LogP contribution in [-0.2, 0) is 19.1 Å². The van der Waals surface area contributed by atoms with Crippen LogP contribution in [0.3, 0.4) is 0 Å². The molecule has 0 aromatic rings. The van der Waals surface area contributed by atoms with Gasteiger partial charge in [0.15, 0.2) is 0 Å². The van der Waals surface area contributed by atoms with Crippen molar-refractivity contribution in [1.82, 2.24) is 0 Å². The lowest BCUT2D eigenvalue weighted by Crippen LogP contribution is -2.26. The summed E-state index contributed by atoms with van der Waals surface area (Å²) in [6, 6.07) is 0. The minimum atomic E-state index is -0.429. The number of carbonyl (C=O) groups is 2. The molecule has 114 valence electrons. The van der Waals surface area contributed by atoms with Gasteiger partial charge in [-0.15, -0.1) is 0 Å². The van der Waals surface area contributed by atoms with E-state index in [1.807, 2.05) is 0 Å². The molecular formula is C18H18O4. The molecule has 1 fully saturated rings. The van der Waals surface area contributed by atoms with E-state index in [4.69, 9.17) is 9.47 Å². The summed E-state index contributed by atoms with van der Waals surface area (Å²) in [6.07, 6.45) is 11.5. The van der Waals surface area contributed by atoms with Gasteiger partial charge in [-0.2, -0.15) is 0 Å². The molecule has 4 heteroatoms. The van der Waals surface area contributed by atoms with Crippen LogP contribution in [0.5, 0.6) is 0 Å². The topological polar surface area (TPSA) is 52.6 Å². The van der Waals surface area contributed by atoms with E-state index < -0.39 is 11.9 Å². The minimum absolute atomic E-state index is 0.0449. The summed E-state index contributed by atoms with van der Waals surface area (Å²) in [4.78, 5) is 24.5. The van der Waals surface area contributed by atoms with Crippen LogP contribution in [0.25, 0.3) is 0 Å². The zero-order chi connectivity index (χ0) is 15.4. The standard InChI is InChI=1S/C18H18O4/c1-21-17(19)13-8-7-11-10-5-3-9-4-6-12(14(9)10)15(11)16(13)18(20)22-2/h3-7,9-10,12,14-15H,8H2,1-2H3/t9-,10+,12+,14+,15-/m0/s1. The van der Waals surface area contributed by atoms with Gasteiger partial charge in [0.1, 0.15) is 0 Å². The third-order valence-electron chi connectivity index (χ3n) is 5.54. The van der Waals surface area contributed by atoms with Crippen LogP contribution in [-0.4, -0.2) is 26.2 Å². The van der Waals surface area contributed by atoms with Crippen LogP contribution in [0, 0.1) is 29.6 Å². The number of carbonyl (C=O) groups excluding carboxylic acids is 2. The second kappa shape index (κ2) is 4.70. The largest absolute Gasteiger partial charge is 0.466 e. The Morgan fingerprint density at radius 1 is 1.05 bits per heavy atom. The number of methoxy groups -OCH3 is 2. The molecule has 0 aromatic heterocycles. The highest BCUT2D eigenvalue weighted by molar-refractivity contribution is 6.02. The van der Waals surface area contributed by atoms with Crippen LogP contribution in [0.4, 0.5) is 0 Å². The van der Waals surface area contributed by atoms with Gasteiger partial charge in [-0.1, -0.05) is 36.0 Å². The summed E-state index contributed by atoms with van der Waals surface area (Å²) in [7, 11) is 2.71. The Morgan fingerprint density at radius 2 is 1.77 bits per heavy atom. The molecule has 0 N–H and O–H groups in total. The number of rotatable bonds is 2. The van der Waals surface area contributed by atoms with Gasteiger partial charge in [-0.3, -0.25) is 0 Å². The second-order valence-corrected chi connectivity index (χ2v) is 6.29. The number of esters is 2. The maximum Gasteiger partial charge on any atom is 0.334 e. The van der Waals surface area contributed by atoms with Gasteiger partial charge >= 0.3 is 11.9 Å². The first-order valence-electron chi connectivity index (χ1n) is 7.63. The number of hydrogen-bond acceptors (Lipinski definition) is 4. The van der Waals surface area contributed by atoms with Crippen LogP contribution in [0.1, 0.15) is 6.42 Å². The Kier molecular flexibility index (Phi) is 2.90. The predicted molar refractivity (Wildman–Crippen MR) is 79.5 cm³/mol. The van der Waals surface area contributed by atoms with Crippen molar-refractivity contribution >= 4 is 11.9 Å². The van der Waals surface area contributed by atoms with Crippen LogP contribution >= 0.6 is 0 Å². The van der Waals surface area contributed by atoms with Crippen LogP contribution in [0.2, 0.25) is 0 Å². The Hall–Kier alpha value is -2.10. The molecule has 4 nitrogen and oxygen atoms in total. The van der Waals surface area contributed by atoms with Crippen molar-refractivity contribution in [2.75, 3.05) is 14.2 Å². The fourth-order valence-corrected chi connectivity index (χ4v) is 4.73. The van der Waals surface area contributed by atoms with Gasteiger partial charge in [0, 0.05) is 11.8 Å². The lowest BCUT2D eigenvalue weighted by Gasteiger charge is -2.26. The van der Waals surface area contributed by atoms with Crippen molar-refractivity contribution in [2.24, 2.45) is 29.6 Å². The number of fused-ring (bicyclic) bond motifs is 3. The van der Waals surface area contributed by atoms with E-state index in [0.717, 1.165) is 0 Å². The summed E-state index contributed by atoms with van der Waals surface area (Å²) < 4.78 is 9.85. The Morgan fingerprint density at radius 3 is 2.50 bits per heavy atom. The zero-order valence-electron chi connectivity index (χ0n) is 12.6. The lowest BCUT2D eigenvalue weighted by atomic mass is 9.78.